The van der Waals surface area contributed by atoms with E-state index in [1.807, 2.05) is 0 Å². The van der Waals surface area contributed by atoms with E-state index in [1.54, 1.807) is 37.4 Å². The van der Waals surface area contributed by atoms with Crippen molar-refractivity contribution < 1.29 is 22.3 Å². The van der Waals surface area contributed by atoms with Gasteiger partial charge in [-0.3, -0.25) is 18.9 Å². The highest BCUT2D eigenvalue weighted by molar-refractivity contribution is 7.19. The first-order valence-corrected chi connectivity index (χ1v) is 12.7. The van der Waals surface area contributed by atoms with Gasteiger partial charge in [-0.2, -0.15) is 13.2 Å². The van der Waals surface area contributed by atoms with Gasteiger partial charge in [-0.15, -0.1) is 11.3 Å². The van der Waals surface area contributed by atoms with Crippen LogP contribution in [0.15, 0.2) is 52.3 Å². The van der Waals surface area contributed by atoms with Crippen LogP contribution in [0.1, 0.15) is 10.4 Å². The van der Waals surface area contributed by atoms with E-state index in [2.05, 4.69) is 10.3 Å². The molecule has 1 fully saturated rings. The number of hydrogen-bond donors (Lipinski definition) is 1. The number of alkyl halides is 4. The molecule has 1 aromatic carbocycles. The second-order valence-corrected chi connectivity index (χ2v) is 10.8. The third-order valence-electron chi connectivity index (χ3n) is 6.15. The number of fused-ring (bicyclic) bond motifs is 1. The predicted octanol–water partition coefficient (Wildman–Crippen LogP) is 4.55. The summed E-state index contributed by atoms with van der Waals surface area (Å²) in [5.74, 6) is 0.468. The molecule has 0 unspecified atom stereocenters. The zero-order valence-corrected chi connectivity index (χ0v) is 21.5. The van der Waals surface area contributed by atoms with Crippen LogP contribution in [0.4, 0.5) is 17.6 Å². The lowest BCUT2D eigenvalue weighted by atomic mass is 10.00. The van der Waals surface area contributed by atoms with E-state index < -0.39 is 29.6 Å². The zero-order chi connectivity index (χ0) is 27.2. The van der Waals surface area contributed by atoms with Crippen molar-refractivity contribution in [2.75, 3.05) is 19.7 Å². The highest BCUT2D eigenvalue weighted by atomic mass is 35.5. The first kappa shape index (κ1) is 26.4. The van der Waals surface area contributed by atoms with Crippen LogP contribution in [0.2, 0.25) is 5.02 Å². The minimum atomic E-state index is -4.62. The molecule has 3 aromatic heterocycles. The minimum Gasteiger partial charge on any atom is -0.489 e. The summed E-state index contributed by atoms with van der Waals surface area (Å²) < 4.78 is 61.1. The van der Waals surface area contributed by atoms with Gasteiger partial charge in [0, 0.05) is 52.6 Å². The van der Waals surface area contributed by atoms with Gasteiger partial charge in [0.2, 0.25) is 0 Å². The number of rotatable bonds is 7. The van der Waals surface area contributed by atoms with Crippen LogP contribution >= 0.6 is 22.9 Å². The van der Waals surface area contributed by atoms with Gasteiger partial charge in [-0.1, -0.05) is 11.6 Å². The van der Waals surface area contributed by atoms with Gasteiger partial charge in [0.15, 0.2) is 5.67 Å². The maximum absolute atomic E-state index is 14.6. The van der Waals surface area contributed by atoms with Gasteiger partial charge in [-0.05, 0) is 36.8 Å². The maximum atomic E-state index is 14.6. The number of ether oxygens (including phenoxy) is 1. The lowest BCUT2D eigenvalue weighted by molar-refractivity contribution is -0.141. The number of benzene rings is 1. The summed E-state index contributed by atoms with van der Waals surface area (Å²) in [5, 5.41) is 3.34. The van der Waals surface area contributed by atoms with Crippen LogP contribution in [0.3, 0.4) is 0 Å². The lowest BCUT2D eigenvalue weighted by Crippen LogP contribution is -2.59. The summed E-state index contributed by atoms with van der Waals surface area (Å²) >= 11 is 7.59. The number of hydrogen-bond acceptors (Lipinski definition) is 6. The average molecular weight is 569 g/mol. The van der Waals surface area contributed by atoms with Crippen LogP contribution in [-0.4, -0.2) is 45.7 Å². The molecule has 1 N–H and O–H groups in total. The van der Waals surface area contributed by atoms with Crippen molar-refractivity contribution in [3.8, 4) is 16.9 Å². The SMILES string of the molecule is Cc1cc(Cl)cc(-c2ccnc3cc(Cn4c(=O)ccn(CC(F)(F)F)c4=O)sc23)c1OCC1(F)CNC1. The van der Waals surface area contributed by atoms with Crippen LogP contribution in [0.5, 0.6) is 5.75 Å². The highest BCUT2D eigenvalue weighted by Crippen LogP contribution is 2.41. The Morgan fingerprint density at radius 1 is 1.18 bits per heavy atom. The highest BCUT2D eigenvalue weighted by Gasteiger charge is 2.38. The topological polar surface area (TPSA) is 78.2 Å². The van der Waals surface area contributed by atoms with Gasteiger partial charge in [-0.25, -0.2) is 9.18 Å². The normalized spacial score (nSPS) is 15.0. The summed E-state index contributed by atoms with van der Waals surface area (Å²) in [7, 11) is 0. The summed E-state index contributed by atoms with van der Waals surface area (Å²) in [6.07, 6.45) is -2.20. The Balaban J connectivity index is 1.54. The molecular formula is C25H21ClF4N4O3S. The van der Waals surface area contributed by atoms with Crippen molar-refractivity contribution in [1.82, 2.24) is 19.4 Å². The molecule has 0 aliphatic carbocycles. The predicted molar refractivity (Wildman–Crippen MR) is 137 cm³/mol. The summed E-state index contributed by atoms with van der Waals surface area (Å²) in [4.78, 5) is 29.9. The van der Waals surface area contributed by atoms with E-state index in [9.17, 15) is 27.2 Å². The second kappa shape index (κ2) is 9.83. The summed E-state index contributed by atoms with van der Waals surface area (Å²) in [6.45, 7) is 0.337. The van der Waals surface area contributed by atoms with Crippen molar-refractivity contribution in [3.63, 3.8) is 0 Å². The second-order valence-electron chi connectivity index (χ2n) is 9.19. The number of halogens is 5. The van der Waals surface area contributed by atoms with Crippen molar-refractivity contribution in [1.29, 1.82) is 0 Å². The number of aromatic nitrogens is 3. The molecule has 38 heavy (non-hydrogen) atoms. The quantitative estimate of drug-likeness (QED) is 0.331. The molecule has 1 aliphatic heterocycles. The van der Waals surface area contributed by atoms with E-state index in [4.69, 9.17) is 16.3 Å². The van der Waals surface area contributed by atoms with Crippen molar-refractivity contribution in [3.05, 3.63) is 79.0 Å². The molecule has 4 aromatic rings. The average Bonchev–Trinajstić information content (AvgIpc) is 3.23. The molecule has 13 heteroatoms. The fourth-order valence-electron chi connectivity index (χ4n) is 4.27. The van der Waals surface area contributed by atoms with Crippen LogP contribution in [-0.2, 0) is 13.1 Å². The molecule has 0 saturated carbocycles. The fourth-order valence-corrected chi connectivity index (χ4v) is 5.67. The molecule has 0 amide bonds. The smallest absolute Gasteiger partial charge is 0.406 e. The van der Waals surface area contributed by atoms with Gasteiger partial charge in [0.25, 0.3) is 5.56 Å². The molecule has 5 rings (SSSR count). The summed E-state index contributed by atoms with van der Waals surface area (Å²) in [6, 6.07) is 7.78. The Bertz CT molecular complexity index is 1640. The first-order valence-electron chi connectivity index (χ1n) is 11.5. The molecule has 0 spiro atoms. The maximum Gasteiger partial charge on any atom is 0.406 e. The number of aryl methyl sites for hydroxylation is 1. The number of pyridine rings is 1. The van der Waals surface area contributed by atoms with Crippen molar-refractivity contribution in [2.24, 2.45) is 0 Å². The Kier molecular flexibility index (Phi) is 6.82. The molecular weight excluding hydrogens is 548 g/mol. The van der Waals surface area contributed by atoms with Gasteiger partial charge < -0.3 is 10.1 Å². The van der Waals surface area contributed by atoms with Crippen molar-refractivity contribution >= 4 is 33.2 Å². The van der Waals surface area contributed by atoms with E-state index in [0.29, 0.717) is 47.1 Å². The third kappa shape index (κ3) is 5.33. The van der Waals surface area contributed by atoms with Gasteiger partial charge in [0.05, 0.1) is 16.8 Å². The molecule has 1 aliphatic rings. The molecule has 0 bridgehead atoms. The van der Waals surface area contributed by atoms with Crippen LogP contribution < -0.4 is 21.3 Å². The van der Waals surface area contributed by atoms with E-state index in [0.717, 1.165) is 16.8 Å². The molecule has 7 nitrogen and oxygen atoms in total. The molecule has 200 valence electrons. The Hall–Kier alpha value is -3.22. The molecule has 4 heterocycles. The lowest BCUT2D eigenvalue weighted by Gasteiger charge is -2.34. The van der Waals surface area contributed by atoms with E-state index >= 15 is 0 Å². The Labute approximate surface area is 222 Å². The monoisotopic (exact) mass is 568 g/mol. The molecule has 0 radical (unpaired) electrons. The van der Waals surface area contributed by atoms with E-state index in [-0.39, 0.29) is 26.2 Å². The van der Waals surface area contributed by atoms with Crippen molar-refractivity contribution in [2.45, 2.75) is 31.9 Å². The number of thiophene rings is 1. The number of nitrogens with zero attached hydrogens (tertiary/aromatic N) is 3. The van der Waals surface area contributed by atoms with Gasteiger partial charge in [0.1, 0.15) is 18.9 Å². The van der Waals surface area contributed by atoms with Crippen LogP contribution in [0.25, 0.3) is 21.3 Å². The minimum absolute atomic E-state index is 0.138. The van der Waals surface area contributed by atoms with E-state index in [1.165, 1.54) is 11.3 Å². The Morgan fingerprint density at radius 3 is 2.63 bits per heavy atom. The largest absolute Gasteiger partial charge is 0.489 e. The van der Waals surface area contributed by atoms with Gasteiger partial charge >= 0.3 is 11.9 Å². The molecule has 0 atom stereocenters. The first-order chi connectivity index (χ1) is 17.9. The zero-order valence-electron chi connectivity index (χ0n) is 19.9. The fraction of sp³-hybridized carbons (Fsp3) is 0.320. The molecule has 1 saturated heterocycles. The summed E-state index contributed by atoms with van der Waals surface area (Å²) in [5.41, 5.74) is -0.660. The number of nitrogens with one attached hydrogen (secondary N) is 1. The third-order valence-corrected chi connectivity index (χ3v) is 7.52. The van der Waals surface area contributed by atoms with Crippen LogP contribution in [0, 0.1) is 6.92 Å². The standard InChI is InChI=1S/C25H21ClF4N4O3S/c1-14-6-15(26)7-18(21(14)37-13-24(27)10-31-11-24)17-2-4-32-19-8-16(38-22(17)19)9-34-20(35)3-5-33(23(34)36)12-25(28,29)30/h2-8,31H,9-13H2,1H3. The Morgan fingerprint density at radius 2 is 1.95 bits per heavy atom.